The summed E-state index contributed by atoms with van der Waals surface area (Å²) in [7, 11) is 0. The predicted molar refractivity (Wildman–Crippen MR) is 51.8 cm³/mol. The Morgan fingerprint density at radius 1 is 1.54 bits per heavy atom. The van der Waals surface area contributed by atoms with Gasteiger partial charge in [0.05, 0.1) is 12.5 Å². The number of hydrogen-bond donors (Lipinski definition) is 3. The van der Waals surface area contributed by atoms with Crippen LogP contribution in [-0.2, 0) is 9.59 Å². The molecule has 0 aliphatic carbocycles. The second kappa shape index (κ2) is 5.82. The summed E-state index contributed by atoms with van der Waals surface area (Å²) in [5.41, 5.74) is 10.2. The molecule has 0 aromatic heterocycles. The van der Waals surface area contributed by atoms with E-state index in [9.17, 15) is 9.59 Å². The van der Waals surface area contributed by atoms with Crippen molar-refractivity contribution in [2.75, 3.05) is 5.75 Å². The maximum atomic E-state index is 11.2. The van der Waals surface area contributed by atoms with E-state index in [-0.39, 0.29) is 12.5 Å². The molecule has 5 nitrogen and oxygen atoms in total. The summed E-state index contributed by atoms with van der Waals surface area (Å²) in [6.45, 7) is 1.77. The zero-order valence-electron chi connectivity index (χ0n) is 7.45. The normalized spacial score (nSPS) is 14.7. The second-order valence-corrected chi connectivity index (χ2v) is 3.19. The minimum Gasteiger partial charge on any atom is -0.370 e. The number of primary amides is 1. The summed E-state index contributed by atoms with van der Waals surface area (Å²) in [5, 5.41) is 2.56. The van der Waals surface area contributed by atoms with Gasteiger partial charge in [-0.1, -0.05) is 12.6 Å². The van der Waals surface area contributed by atoms with Gasteiger partial charge in [-0.2, -0.15) is 0 Å². The fourth-order valence-electron chi connectivity index (χ4n) is 0.701. The Labute approximate surface area is 82.6 Å². The van der Waals surface area contributed by atoms with Gasteiger partial charge in [-0.15, -0.1) is 0 Å². The Bertz CT molecular complexity index is 198. The number of rotatable bonds is 5. The zero-order valence-corrected chi connectivity index (χ0v) is 8.26. The van der Waals surface area contributed by atoms with Gasteiger partial charge in [0.2, 0.25) is 11.8 Å². The van der Waals surface area contributed by atoms with Gasteiger partial charge < -0.3 is 16.8 Å². The Kier molecular flexibility index (Phi) is 5.48. The molecule has 6 heteroatoms. The van der Waals surface area contributed by atoms with Crippen LogP contribution in [-0.4, -0.2) is 29.7 Å². The van der Waals surface area contributed by atoms with E-state index in [2.05, 4.69) is 5.32 Å². The van der Waals surface area contributed by atoms with Crippen LogP contribution in [0.1, 0.15) is 13.3 Å². The first-order chi connectivity index (χ1) is 5.97. The molecule has 0 saturated heterocycles. The van der Waals surface area contributed by atoms with Crippen molar-refractivity contribution < 1.29 is 9.59 Å². The van der Waals surface area contributed by atoms with Crippen LogP contribution in [0.15, 0.2) is 0 Å². The van der Waals surface area contributed by atoms with Crippen LogP contribution in [0.4, 0.5) is 0 Å². The van der Waals surface area contributed by atoms with Crippen LogP contribution in [0.25, 0.3) is 0 Å². The molecule has 0 aliphatic heterocycles. The summed E-state index contributed by atoms with van der Waals surface area (Å²) in [5.74, 6) is -0.570. The number of carbonyl (C=O) groups excluding carboxylic acids is 2. The lowest BCUT2D eigenvalue weighted by atomic mass is 10.2. The summed E-state index contributed by atoms with van der Waals surface area (Å²) >= 11 is 4.72. The molecule has 0 heterocycles. The molecular weight excluding hydrogens is 190 g/mol. The molecule has 0 aromatic rings. The van der Waals surface area contributed by atoms with Crippen molar-refractivity contribution in [3.8, 4) is 0 Å². The molecule has 0 aliphatic rings. The lowest BCUT2D eigenvalue weighted by Crippen LogP contribution is -2.46. The van der Waals surface area contributed by atoms with Gasteiger partial charge in [-0.25, -0.2) is 0 Å². The molecule has 75 valence electrons. The third-order valence-electron chi connectivity index (χ3n) is 1.40. The molecular formula is C7H14N3O2S. The first kappa shape index (κ1) is 12.2. The van der Waals surface area contributed by atoms with Crippen molar-refractivity contribution in [2.24, 2.45) is 11.5 Å². The van der Waals surface area contributed by atoms with Gasteiger partial charge in [0, 0.05) is 11.8 Å². The van der Waals surface area contributed by atoms with Gasteiger partial charge in [-0.3, -0.25) is 9.59 Å². The first-order valence-corrected chi connectivity index (χ1v) is 4.47. The van der Waals surface area contributed by atoms with E-state index in [1.54, 1.807) is 6.92 Å². The average molecular weight is 204 g/mol. The fraction of sp³-hybridized carbons (Fsp3) is 0.714. The van der Waals surface area contributed by atoms with E-state index < -0.39 is 17.9 Å². The molecule has 13 heavy (non-hydrogen) atoms. The molecule has 1 radical (unpaired) electrons. The van der Waals surface area contributed by atoms with Crippen LogP contribution in [0.2, 0.25) is 0 Å². The molecule has 0 bridgehead atoms. The van der Waals surface area contributed by atoms with Crippen LogP contribution < -0.4 is 16.8 Å². The van der Waals surface area contributed by atoms with Crippen molar-refractivity contribution >= 4 is 24.4 Å². The summed E-state index contributed by atoms with van der Waals surface area (Å²) in [6.07, 6.45) is -0.143. The molecule has 0 unspecified atom stereocenters. The Hall–Kier alpha value is -0.750. The summed E-state index contributed by atoms with van der Waals surface area (Å²) < 4.78 is 0. The standard InChI is InChI=1S/C7H14N3O2S/c1-4(3-13)10-7(12)5(8)2-6(9)11/h4-5H,2-3,8H2,1H3,(H2,9,11)(H,10,12)/t4-,5+/m1/s1. The average Bonchev–Trinajstić information content (AvgIpc) is 2.02. The van der Waals surface area contributed by atoms with E-state index in [0.717, 1.165) is 0 Å². The largest absolute Gasteiger partial charge is 0.370 e. The predicted octanol–water partition coefficient (Wildman–Crippen LogP) is -1.11. The Morgan fingerprint density at radius 3 is 2.46 bits per heavy atom. The summed E-state index contributed by atoms with van der Waals surface area (Å²) in [4.78, 5) is 21.6. The van der Waals surface area contributed by atoms with Gasteiger partial charge in [-0.05, 0) is 6.92 Å². The monoisotopic (exact) mass is 204 g/mol. The van der Waals surface area contributed by atoms with Crippen molar-refractivity contribution in [1.29, 1.82) is 0 Å². The minimum atomic E-state index is -0.874. The number of nitrogens with one attached hydrogen (secondary N) is 1. The number of amides is 2. The number of hydrogen-bond acceptors (Lipinski definition) is 3. The molecule has 0 aromatic carbocycles. The zero-order chi connectivity index (χ0) is 10.4. The van der Waals surface area contributed by atoms with E-state index in [1.165, 1.54) is 0 Å². The second-order valence-electron chi connectivity index (χ2n) is 2.85. The third-order valence-corrected chi connectivity index (χ3v) is 1.90. The van der Waals surface area contributed by atoms with Gasteiger partial charge in [0.15, 0.2) is 0 Å². The highest BCUT2D eigenvalue weighted by Crippen LogP contribution is 1.90. The molecule has 0 saturated carbocycles. The topological polar surface area (TPSA) is 98.2 Å². The maximum Gasteiger partial charge on any atom is 0.237 e. The van der Waals surface area contributed by atoms with Crippen molar-refractivity contribution in [2.45, 2.75) is 25.4 Å². The van der Waals surface area contributed by atoms with Gasteiger partial charge in [0.25, 0.3) is 0 Å². The SMILES string of the molecule is C[C@H](C[S])NC(=O)[C@@H](N)CC(N)=O. The number of nitrogens with two attached hydrogens (primary N) is 2. The van der Waals surface area contributed by atoms with E-state index in [1.807, 2.05) is 0 Å². The highest BCUT2D eigenvalue weighted by atomic mass is 32.1. The van der Waals surface area contributed by atoms with Crippen LogP contribution in [0, 0.1) is 0 Å². The lowest BCUT2D eigenvalue weighted by Gasteiger charge is -2.14. The highest BCUT2D eigenvalue weighted by molar-refractivity contribution is 7.80. The molecule has 0 spiro atoms. The van der Waals surface area contributed by atoms with Crippen molar-refractivity contribution in [3.05, 3.63) is 0 Å². The first-order valence-electron chi connectivity index (χ1n) is 3.89. The minimum absolute atomic E-state index is 0.110. The molecule has 2 atom stereocenters. The Balaban J connectivity index is 3.89. The van der Waals surface area contributed by atoms with Crippen molar-refractivity contribution in [3.63, 3.8) is 0 Å². The fourth-order valence-corrected chi connectivity index (χ4v) is 0.784. The van der Waals surface area contributed by atoms with Crippen molar-refractivity contribution in [1.82, 2.24) is 5.32 Å². The smallest absolute Gasteiger partial charge is 0.237 e. The molecule has 0 fully saturated rings. The van der Waals surface area contributed by atoms with E-state index >= 15 is 0 Å². The number of carbonyl (C=O) groups is 2. The highest BCUT2D eigenvalue weighted by Gasteiger charge is 2.16. The summed E-state index contributed by atoms with van der Waals surface area (Å²) in [6, 6.07) is -0.983. The Morgan fingerprint density at radius 2 is 2.08 bits per heavy atom. The molecule has 5 N–H and O–H groups in total. The van der Waals surface area contributed by atoms with Crippen LogP contribution in [0.3, 0.4) is 0 Å². The van der Waals surface area contributed by atoms with E-state index in [0.29, 0.717) is 5.75 Å². The van der Waals surface area contributed by atoms with Gasteiger partial charge >= 0.3 is 0 Å². The van der Waals surface area contributed by atoms with Crippen LogP contribution in [0.5, 0.6) is 0 Å². The van der Waals surface area contributed by atoms with Crippen LogP contribution >= 0.6 is 12.6 Å². The quantitative estimate of drug-likeness (QED) is 0.529. The third kappa shape index (κ3) is 5.48. The van der Waals surface area contributed by atoms with Gasteiger partial charge in [0.1, 0.15) is 0 Å². The molecule has 2 amide bonds. The van der Waals surface area contributed by atoms with E-state index in [4.69, 9.17) is 24.1 Å². The molecule has 0 rings (SSSR count). The lowest BCUT2D eigenvalue weighted by molar-refractivity contribution is -0.126. The maximum absolute atomic E-state index is 11.2.